The van der Waals surface area contributed by atoms with E-state index < -0.39 is 0 Å². The highest BCUT2D eigenvalue weighted by Crippen LogP contribution is 2.33. The van der Waals surface area contributed by atoms with Crippen LogP contribution in [0.5, 0.6) is 0 Å². The lowest BCUT2D eigenvalue weighted by molar-refractivity contribution is 0.933. The van der Waals surface area contributed by atoms with Crippen LogP contribution in [0.15, 0.2) is 52.7 Å². The summed E-state index contributed by atoms with van der Waals surface area (Å²) in [5.74, 6) is 0.455. The minimum Gasteiger partial charge on any atom is -0.361 e. The molecular formula is C15H14BrN. The largest absolute Gasteiger partial charge is 0.361 e. The van der Waals surface area contributed by atoms with E-state index in [0.717, 1.165) is 10.9 Å². The van der Waals surface area contributed by atoms with Gasteiger partial charge in [0.2, 0.25) is 0 Å². The van der Waals surface area contributed by atoms with Gasteiger partial charge >= 0.3 is 0 Å². The van der Waals surface area contributed by atoms with Gasteiger partial charge in [-0.2, -0.15) is 0 Å². The number of benzene rings is 1. The van der Waals surface area contributed by atoms with Gasteiger partial charge in [0, 0.05) is 27.5 Å². The predicted octanol–water partition coefficient (Wildman–Crippen LogP) is 4.92. The van der Waals surface area contributed by atoms with Gasteiger partial charge in [-0.05, 0) is 35.8 Å². The van der Waals surface area contributed by atoms with Crippen molar-refractivity contribution in [2.45, 2.75) is 19.3 Å². The Bertz CT molecular complexity index is 619. The van der Waals surface area contributed by atoms with E-state index in [9.17, 15) is 0 Å². The van der Waals surface area contributed by atoms with E-state index in [1.807, 2.05) is 0 Å². The smallest absolute Gasteiger partial charge is 0.0457 e. The third kappa shape index (κ3) is 1.87. The lowest BCUT2D eigenvalue weighted by atomic mass is 9.93. The van der Waals surface area contributed by atoms with Crippen molar-refractivity contribution in [1.29, 1.82) is 0 Å². The van der Waals surface area contributed by atoms with E-state index in [1.54, 1.807) is 0 Å². The van der Waals surface area contributed by atoms with Gasteiger partial charge in [-0.25, -0.2) is 0 Å². The van der Waals surface area contributed by atoms with Crippen LogP contribution in [-0.2, 0) is 0 Å². The molecule has 0 amide bonds. The summed E-state index contributed by atoms with van der Waals surface area (Å²) in [6.45, 7) is 2.27. The van der Waals surface area contributed by atoms with Crippen molar-refractivity contribution in [3.05, 3.63) is 58.2 Å². The molecule has 1 N–H and O–H groups in total. The Labute approximate surface area is 109 Å². The molecule has 1 aromatic carbocycles. The molecule has 17 heavy (non-hydrogen) atoms. The van der Waals surface area contributed by atoms with Crippen LogP contribution in [0.2, 0.25) is 0 Å². The van der Waals surface area contributed by atoms with Crippen molar-refractivity contribution in [2.75, 3.05) is 0 Å². The van der Waals surface area contributed by atoms with Crippen LogP contribution in [0.25, 0.3) is 10.9 Å². The molecule has 0 bridgehead atoms. The van der Waals surface area contributed by atoms with Gasteiger partial charge in [0.15, 0.2) is 0 Å². The van der Waals surface area contributed by atoms with Crippen LogP contribution in [0.3, 0.4) is 0 Å². The van der Waals surface area contributed by atoms with Gasteiger partial charge < -0.3 is 4.98 Å². The Balaban J connectivity index is 2.10. The van der Waals surface area contributed by atoms with Gasteiger partial charge in [-0.15, -0.1) is 0 Å². The summed E-state index contributed by atoms with van der Waals surface area (Å²) in [5, 5.41) is 1.31. The number of aromatic amines is 1. The van der Waals surface area contributed by atoms with Crippen LogP contribution in [0.4, 0.5) is 0 Å². The number of H-pyrrole nitrogens is 1. The van der Waals surface area contributed by atoms with Crippen LogP contribution in [-0.4, -0.2) is 4.98 Å². The van der Waals surface area contributed by atoms with E-state index in [2.05, 4.69) is 70.5 Å². The lowest BCUT2D eigenvalue weighted by Gasteiger charge is -2.10. The molecule has 0 radical (unpaired) electrons. The molecule has 1 atom stereocenters. The number of aromatic nitrogens is 1. The zero-order valence-corrected chi connectivity index (χ0v) is 11.3. The van der Waals surface area contributed by atoms with Crippen LogP contribution in [0.1, 0.15) is 24.8 Å². The number of allylic oxidation sites excluding steroid dienone is 4. The summed E-state index contributed by atoms with van der Waals surface area (Å²) in [5.41, 5.74) is 4.00. The van der Waals surface area contributed by atoms with E-state index >= 15 is 0 Å². The fourth-order valence-electron chi connectivity index (χ4n) is 2.45. The van der Waals surface area contributed by atoms with Crippen molar-refractivity contribution in [2.24, 2.45) is 0 Å². The maximum atomic E-state index is 3.54. The molecule has 0 fully saturated rings. The molecule has 1 aromatic heterocycles. The van der Waals surface area contributed by atoms with Crippen LogP contribution >= 0.6 is 15.9 Å². The summed E-state index contributed by atoms with van der Waals surface area (Å²) in [6, 6.07) is 6.38. The van der Waals surface area contributed by atoms with E-state index in [-0.39, 0.29) is 0 Å². The fourth-order valence-corrected chi connectivity index (χ4v) is 2.81. The lowest BCUT2D eigenvalue weighted by Crippen LogP contribution is -1.93. The highest BCUT2D eigenvalue weighted by molar-refractivity contribution is 9.10. The summed E-state index contributed by atoms with van der Waals surface area (Å²) < 4.78 is 1.13. The summed E-state index contributed by atoms with van der Waals surface area (Å²) in [7, 11) is 0. The highest BCUT2D eigenvalue weighted by atomic mass is 79.9. The number of rotatable bonds is 2. The topological polar surface area (TPSA) is 15.8 Å². The number of nitrogens with one attached hydrogen (secondary N) is 1. The Kier molecular flexibility index (Phi) is 2.67. The first-order valence-corrected chi connectivity index (χ1v) is 6.68. The average molecular weight is 288 g/mol. The molecular weight excluding hydrogens is 274 g/mol. The third-order valence-corrected chi connectivity index (χ3v) is 3.94. The van der Waals surface area contributed by atoms with Crippen molar-refractivity contribution in [1.82, 2.24) is 4.98 Å². The molecule has 2 heteroatoms. The second-order valence-electron chi connectivity index (χ2n) is 4.50. The maximum Gasteiger partial charge on any atom is 0.0457 e. The molecule has 1 nitrogen and oxygen atoms in total. The molecule has 3 rings (SSSR count). The van der Waals surface area contributed by atoms with Gasteiger partial charge in [0.1, 0.15) is 0 Å². The van der Waals surface area contributed by atoms with E-state index in [0.29, 0.717) is 5.92 Å². The second-order valence-corrected chi connectivity index (χ2v) is 5.41. The zero-order chi connectivity index (χ0) is 11.8. The van der Waals surface area contributed by atoms with Crippen LogP contribution < -0.4 is 0 Å². The average Bonchev–Trinajstić information content (AvgIpc) is 2.97. The normalized spacial score (nSPS) is 16.5. The molecule has 0 saturated heterocycles. The third-order valence-electron chi connectivity index (χ3n) is 3.44. The Hall–Kier alpha value is -1.28. The van der Waals surface area contributed by atoms with E-state index in [4.69, 9.17) is 0 Å². The number of halogens is 1. The quantitative estimate of drug-likeness (QED) is 0.807. The van der Waals surface area contributed by atoms with Crippen molar-refractivity contribution in [3.8, 4) is 0 Å². The molecule has 86 valence electrons. The molecule has 1 heterocycles. The molecule has 0 aliphatic heterocycles. The monoisotopic (exact) mass is 287 g/mol. The van der Waals surface area contributed by atoms with Crippen LogP contribution in [0, 0.1) is 0 Å². The second kappa shape index (κ2) is 4.19. The Morgan fingerprint density at radius 1 is 1.35 bits per heavy atom. The minimum atomic E-state index is 0.455. The zero-order valence-electron chi connectivity index (χ0n) is 9.70. The van der Waals surface area contributed by atoms with Crippen molar-refractivity contribution in [3.63, 3.8) is 0 Å². The predicted molar refractivity (Wildman–Crippen MR) is 76.3 cm³/mol. The molecule has 0 spiro atoms. The minimum absolute atomic E-state index is 0.455. The Morgan fingerprint density at radius 3 is 3.00 bits per heavy atom. The first-order chi connectivity index (χ1) is 8.25. The summed E-state index contributed by atoms with van der Waals surface area (Å²) in [4.78, 5) is 3.35. The van der Waals surface area contributed by atoms with Crippen molar-refractivity contribution < 1.29 is 0 Å². The number of hydrogen-bond acceptors (Lipinski definition) is 0. The molecule has 1 unspecified atom stereocenters. The SMILES string of the molecule is CC(C1=CCC=C1)c1c[nH]c2ccc(Br)cc12. The first-order valence-electron chi connectivity index (χ1n) is 5.89. The molecule has 1 aliphatic carbocycles. The molecule has 2 aromatic rings. The standard InChI is InChI=1S/C15H14BrN/c1-10(11-4-2-3-5-11)14-9-17-15-7-6-12(16)8-13(14)15/h2,4-10,17H,3H2,1H3. The maximum absolute atomic E-state index is 3.54. The fraction of sp³-hybridized carbons (Fsp3) is 0.200. The van der Waals surface area contributed by atoms with E-state index in [1.165, 1.54) is 22.0 Å². The first kappa shape index (κ1) is 10.8. The molecule has 0 saturated carbocycles. The Morgan fingerprint density at radius 2 is 2.24 bits per heavy atom. The van der Waals surface area contributed by atoms with Gasteiger partial charge in [0.05, 0.1) is 0 Å². The van der Waals surface area contributed by atoms with Gasteiger partial charge in [-0.1, -0.05) is 41.1 Å². The number of hydrogen-bond donors (Lipinski definition) is 1. The van der Waals surface area contributed by atoms with Gasteiger partial charge in [0.25, 0.3) is 0 Å². The summed E-state index contributed by atoms with van der Waals surface area (Å²) in [6.07, 6.45) is 9.97. The molecule has 1 aliphatic rings. The number of fused-ring (bicyclic) bond motifs is 1. The highest BCUT2D eigenvalue weighted by Gasteiger charge is 2.15. The summed E-state index contributed by atoms with van der Waals surface area (Å²) >= 11 is 3.54. The van der Waals surface area contributed by atoms with Gasteiger partial charge in [-0.3, -0.25) is 0 Å². The van der Waals surface area contributed by atoms with Crippen molar-refractivity contribution >= 4 is 26.8 Å².